The summed E-state index contributed by atoms with van der Waals surface area (Å²) in [4.78, 5) is 15.5. The Balaban J connectivity index is 2.21. The van der Waals surface area contributed by atoms with Crippen LogP contribution in [0.3, 0.4) is 0 Å². The van der Waals surface area contributed by atoms with Crippen LogP contribution in [0.15, 0.2) is 29.8 Å². The molecule has 1 aromatic heterocycles. The number of anilines is 1. The van der Waals surface area contributed by atoms with Gasteiger partial charge in [-0.25, -0.2) is 9.37 Å². The van der Waals surface area contributed by atoms with E-state index in [4.69, 9.17) is 0 Å². The SMILES string of the molecule is O=C(Nc1nccs1)c1ccc(F)cc1O. The Hall–Kier alpha value is -1.95. The first kappa shape index (κ1) is 10.6. The van der Waals surface area contributed by atoms with Crippen LogP contribution in [0.5, 0.6) is 5.75 Å². The summed E-state index contributed by atoms with van der Waals surface area (Å²) in [6.07, 6.45) is 1.55. The zero-order valence-electron chi connectivity index (χ0n) is 7.98. The third-order valence-corrected chi connectivity index (χ3v) is 2.55. The van der Waals surface area contributed by atoms with E-state index in [-0.39, 0.29) is 5.56 Å². The molecule has 0 aliphatic heterocycles. The molecule has 16 heavy (non-hydrogen) atoms. The summed E-state index contributed by atoms with van der Waals surface area (Å²) in [5.41, 5.74) is 0.0107. The smallest absolute Gasteiger partial charge is 0.261 e. The summed E-state index contributed by atoms with van der Waals surface area (Å²) >= 11 is 1.26. The lowest BCUT2D eigenvalue weighted by molar-refractivity contribution is 0.102. The van der Waals surface area contributed by atoms with Crippen LogP contribution in [0.4, 0.5) is 9.52 Å². The van der Waals surface area contributed by atoms with Gasteiger partial charge in [0.15, 0.2) is 5.13 Å². The Morgan fingerprint density at radius 1 is 1.50 bits per heavy atom. The van der Waals surface area contributed by atoms with E-state index in [9.17, 15) is 14.3 Å². The largest absolute Gasteiger partial charge is 0.507 e. The van der Waals surface area contributed by atoms with Crippen molar-refractivity contribution in [2.45, 2.75) is 0 Å². The van der Waals surface area contributed by atoms with E-state index in [1.54, 1.807) is 11.6 Å². The molecule has 1 aromatic carbocycles. The molecule has 0 unspecified atom stereocenters. The molecule has 2 aromatic rings. The van der Waals surface area contributed by atoms with Crippen molar-refractivity contribution in [3.63, 3.8) is 0 Å². The van der Waals surface area contributed by atoms with E-state index in [0.717, 1.165) is 12.1 Å². The first-order chi connectivity index (χ1) is 7.66. The molecule has 0 aliphatic rings. The number of thiazole rings is 1. The number of nitrogens with one attached hydrogen (secondary N) is 1. The summed E-state index contributed by atoms with van der Waals surface area (Å²) in [5, 5.41) is 14.0. The summed E-state index contributed by atoms with van der Waals surface area (Å²) in [6, 6.07) is 3.21. The van der Waals surface area contributed by atoms with Crippen molar-refractivity contribution in [1.82, 2.24) is 4.98 Å². The number of halogens is 1. The second-order valence-corrected chi connectivity index (χ2v) is 3.85. The molecule has 82 valence electrons. The summed E-state index contributed by atoms with van der Waals surface area (Å²) in [6.45, 7) is 0. The van der Waals surface area contributed by atoms with Crippen LogP contribution in [0.1, 0.15) is 10.4 Å². The zero-order chi connectivity index (χ0) is 11.5. The molecule has 6 heteroatoms. The van der Waals surface area contributed by atoms with E-state index < -0.39 is 17.5 Å². The number of aromatic hydroxyl groups is 1. The van der Waals surface area contributed by atoms with Crippen molar-refractivity contribution < 1.29 is 14.3 Å². The van der Waals surface area contributed by atoms with Crippen LogP contribution in [0.25, 0.3) is 0 Å². The number of phenolic OH excluding ortho intramolecular Hbond substituents is 1. The lowest BCUT2D eigenvalue weighted by atomic mass is 10.2. The van der Waals surface area contributed by atoms with Gasteiger partial charge in [-0.1, -0.05) is 0 Å². The van der Waals surface area contributed by atoms with Gasteiger partial charge in [0.2, 0.25) is 0 Å². The first-order valence-electron chi connectivity index (χ1n) is 4.36. The van der Waals surface area contributed by atoms with Crippen LogP contribution >= 0.6 is 11.3 Å². The van der Waals surface area contributed by atoms with Gasteiger partial charge in [0.25, 0.3) is 5.91 Å². The Kier molecular flexibility index (Phi) is 2.82. The fourth-order valence-corrected chi connectivity index (χ4v) is 1.67. The number of nitrogens with zero attached hydrogens (tertiary/aromatic N) is 1. The maximum atomic E-state index is 12.7. The Labute approximate surface area is 94.4 Å². The third-order valence-electron chi connectivity index (χ3n) is 1.86. The predicted octanol–water partition coefficient (Wildman–Crippen LogP) is 2.24. The van der Waals surface area contributed by atoms with Crippen LogP contribution in [0.2, 0.25) is 0 Å². The van der Waals surface area contributed by atoms with E-state index >= 15 is 0 Å². The number of aromatic nitrogens is 1. The van der Waals surface area contributed by atoms with E-state index in [0.29, 0.717) is 5.13 Å². The molecule has 2 N–H and O–H groups in total. The molecule has 0 saturated heterocycles. The highest BCUT2D eigenvalue weighted by molar-refractivity contribution is 7.13. The van der Waals surface area contributed by atoms with Crippen molar-refractivity contribution in [2.75, 3.05) is 5.32 Å². The quantitative estimate of drug-likeness (QED) is 0.843. The van der Waals surface area contributed by atoms with Crippen LogP contribution in [-0.2, 0) is 0 Å². The second-order valence-electron chi connectivity index (χ2n) is 2.95. The summed E-state index contributed by atoms with van der Waals surface area (Å²) < 4.78 is 12.7. The first-order valence-corrected chi connectivity index (χ1v) is 5.24. The molecule has 1 amide bonds. The van der Waals surface area contributed by atoms with E-state index in [2.05, 4.69) is 10.3 Å². The topological polar surface area (TPSA) is 62.2 Å². The number of hydrogen-bond acceptors (Lipinski definition) is 4. The van der Waals surface area contributed by atoms with E-state index in [1.165, 1.54) is 17.4 Å². The summed E-state index contributed by atoms with van der Waals surface area (Å²) in [5.74, 6) is -1.51. The molecular weight excluding hydrogens is 231 g/mol. The fourth-order valence-electron chi connectivity index (χ4n) is 1.15. The van der Waals surface area contributed by atoms with Gasteiger partial charge in [0.1, 0.15) is 11.6 Å². The zero-order valence-corrected chi connectivity index (χ0v) is 8.79. The highest BCUT2D eigenvalue weighted by Gasteiger charge is 2.12. The van der Waals surface area contributed by atoms with Gasteiger partial charge >= 0.3 is 0 Å². The van der Waals surface area contributed by atoms with Crippen molar-refractivity contribution in [3.05, 3.63) is 41.2 Å². The predicted molar refractivity (Wildman–Crippen MR) is 58.1 cm³/mol. The lowest BCUT2D eigenvalue weighted by Gasteiger charge is -2.03. The van der Waals surface area contributed by atoms with Gasteiger partial charge in [-0.05, 0) is 12.1 Å². The molecule has 0 saturated carbocycles. The van der Waals surface area contributed by atoms with Crippen molar-refractivity contribution in [1.29, 1.82) is 0 Å². The molecule has 4 nitrogen and oxygen atoms in total. The van der Waals surface area contributed by atoms with Crippen molar-refractivity contribution in [3.8, 4) is 5.75 Å². The number of carbonyl (C=O) groups excluding carboxylic acids is 1. The average Bonchev–Trinajstić information content (AvgIpc) is 2.70. The number of hydrogen-bond donors (Lipinski definition) is 2. The lowest BCUT2D eigenvalue weighted by Crippen LogP contribution is -2.11. The monoisotopic (exact) mass is 238 g/mol. The maximum Gasteiger partial charge on any atom is 0.261 e. The number of amides is 1. The maximum absolute atomic E-state index is 12.7. The minimum atomic E-state index is -0.594. The van der Waals surface area contributed by atoms with Gasteiger partial charge in [-0.15, -0.1) is 11.3 Å². The summed E-state index contributed by atoms with van der Waals surface area (Å²) in [7, 11) is 0. The van der Waals surface area contributed by atoms with Crippen LogP contribution in [0, 0.1) is 5.82 Å². The molecule has 0 atom stereocenters. The molecule has 0 radical (unpaired) electrons. The van der Waals surface area contributed by atoms with Gasteiger partial charge < -0.3 is 5.11 Å². The number of rotatable bonds is 2. The third kappa shape index (κ3) is 2.17. The van der Waals surface area contributed by atoms with Crippen LogP contribution < -0.4 is 5.32 Å². The molecule has 0 bridgehead atoms. The van der Waals surface area contributed by atoms with Crippen molar-refractivity contribution >= 4 is 22.4 Å². The molecular formula is C10H7FN2O2S. The normalized spacial score (nSPS) is 10.1. The van der Waals surface area contributed by atoms with Gasteiger partial charge in [-0.2, -0.15) is 0 Å². The number of benzene rings is 1. The van der Waals surface area contributed by atoms with Gasteiger partial charge in [-0.3, -0.25) is 10.1 Å². The average molecular weight is 238 g/mol. The number of carbonyl (C=O) groups is 1. The van der Waals surface area contributed by atoms with Crippen molar-refractivity contribution in [2.24, 2.45) is 0 Å². The Morgan fingerprint density at radius 2 is 2.31 bits per heavy atom. The molecule has 0 aliphatic carbocycles. The Morgan fingerprint density at radius 3 is 2.94 bits per heavy atom. The standard InChI is InChI=1S/C10H7FN2O2S/c11-6-1-2-7(8(14)5-6)9(15)13-10-12-3-4-16-10/h1-5,14H,(H,12,13,15). The molecule has 2 rings (SSSR count). The minimum absolute atomic E-state index is 0.0107. The highest BCUT2D eigenvalue weighted by atomic mass is 32.1. The fraction of sp³-hybridized carbons (Fsp3) is 0. The Bertz CT molecular complexity index is 514. The molecule has 0 spiro atoms. The van der Waals surface area contributed by atoms with Crippen LogP contribution in [-0.4, -0.2) is 16.0 Å². The highest BCUT2D eigenvalue weighted by Crippen LogP contribution is 2.20. The van der Waals surface area contributed by atoms with E-state index in [1.807, 2.05) is 0 Å². The van der Waals surface area contributed by atoms with Gasteiger partial charge in [0.05, 0.1) is 5.56 Å². The number of phenols is 1. The second kappa shape index (κ2) is 4.28. The molecule has 1 heterocycles. The minimum Gasteiger partial charge on any atom is -0.507 e. The van der Waals surface area contributed by atoms with Gasteiger partial charge in [0, 0.05) is 17.6 Å². The molecule has 0 fully saturated rings.